The molecule has 0 saturated heterocycles. The molecule has 16 heavy (non-hydrogen) atoms. The number of ether oxygens (including phenoxy) is 1. The largest absolute Gasteiger partial charge is 0.460 e. The van der Waals surface area contributed by atoms with Crippen LogP contribution in [0.15, 0.2) is 16.5 Å². The monoisotopic (exact) mass is 227 g/mol. The molecule has 0 saturated carbocycles. The number of aliphatic hydroxyl groups is 1. The number of rotatable bonds is 6. The molecular weight excluding hydrogens is 210 g/mol. The van der Waals surface area contributed by atoms with Crippen molar-refractivity contribution in [2.45, 2.75) is 26.5 Å². The zero-order valence-electron chi connectivity index (χ0n) is 9.53. The number of carbonyl (C=O) groups is 1. The van der Waals surface area contributed by atoms with Gasteiger partial charge in [-0.15, -0.1) is 0 Å². The third kappa shape index (κ3) is 4.04. The van der Waals surface area contributed by atoms with Crippen molar-refractivity contribution in [1.29, 1.82) is 0 Å². The second-order valence-corrected chi connectivity index (χ2v) is 3.47. The topological polar surface area (TPSA) is 71.7 Å². The van der Waals surface area contributed by atoms with Crippen molar-refractivity contribution in [3.63, 3.8) is 0 Å². The van der Waals surface area contributed by atoms with Crippen LogP contribution in [0.2, 0.25) is 0 Å². The van der Waals surface area contributed by atoms with Crippen molar-refractivity contribution in [1.82, 2.24) is 5.32 Å². The van der Waals surface area contributed by atoms with Gasteiger partial charge in [-0.05, 0) is 26.0 Å². The van der Waals surface area contributed by atoms with Crippen LogP contribution in [0.3, 0.4) is 0 Å². The van der Waals surface area contributed by atoms with E-state index in [2.05, 4.69) is 5.32 Å². The summed E-state index contributed by atoms with van der Waals surface area (Å²) in [5, 5.41) is 12.0. The van der Waals surface area contributed by atoms with Gasteiger partial charge in [-0.1, -0.05) is 0 Å². The summed E-state index contributed by atoms with van der Waals surface area (Å²) >= 11 is 0. The molecule has 0 fully saturated rings. The summed E-state index contributed by atoms with van der Waals surface area (Å²) in [4.78, 5) is 11.3. The van der Waals surface area contributed by atoms with Gasteiger partial charge in [-0.25, -0.2) is 4.79 Å². The maximum absolute atomic E-state index is 11.3. The average Bonchev–Trinajstić information content (AvgIpc) is 2.66. The fourth-order valence-electron chi connectivity index (χ4n) is 1.19. The lowest BCUT2D eigenvalue weighted by Crippen LogP contribution is -2.23. The first kappa shape index (κ1) is 12.7. The van der Waals surface area contributed by atoms with E-state index in [1.165, 1.54) is 0 Å². The first-order chi connectivity index (χ1) is 7.63. The van der Waals surface area contributed by atoms with E-state index in [0.29, 0.717) is 25.5 Å². The van der Waals surface area contributed by atoms with E-state index < -0.39 is 12.1 Å². The van der Waals surface area contributed by atoms with Gasteiger partial charge in [0.1, 0.15) is 5.76 Å². The molecule has 5 nitrogen and oxygen atoms in total. The minimum Gasteiger partial charge on any atom is -0.460 e. The minimum absolute atomic E-state index is 0.204. The van der Waals surface area contributed by atoms with Gasteiger partial charge in [-0.3, -0.25) is 0 Å². The lowest BCUT2D eigenvalue weighted by Gasteiger charge is -2.04. The second kappa shape index (κ2) is 6.30. The second-order valence-electron chi connectivity index (χ2n) is 3.47. The summed E-state index contributed by atoms with van der Waals surface area (Å²) in [5.41, 5.74) is 0. The summed E-state index contributed by atoms with van der Waals surface area (Å²) in [6.45, 7) is 4.72. The molecule has 0 bridgehead atoms. The third-order valence-electron chi connectivity index (χ3n) is 1.88. The van der Waals surface area contributed by atoms with Crippen LogP contribution >= 0.6 is 0 Å². The van der Waals surface area contributed by atoms with Crippen LogP contribution in [0.5, 0.6) is 0 Å². The van der Waals surface area contributed by atoms with Gasteiger partial charge in [0.15, 0.2) is 0 Å². The Kier molecular flexibility index (Phi) is 5.01. The van der Waals surface area contributed by atoms with Crippen LogP contribution in [-0.2, 0) is 11.3 Å². The van der Waals surface area contributed by atoms with Crippen molar-refractivity contribution >= 4 is 5.97 Å². The molecule has 0 aliphatic heterocycles. The molecule has 0 spiro atoms. The molecule has 0 amide bonds. The Morgan fingerprint density at radius 3 is 3.00 bits per heavy atom. The summed E-state index contributed by atoms with van der Waals surface area (Å²) < 4.78 is 10.1. The fourth-order valence-corrected chi connectivity index (χ4v) is 1.19. The minimum atomic E-state index is -0.454. The predicted octanol–water partition coefficient (Wildman–Crippen LogP) is 0.927. The first-order valence-corrected chi connectivity index (χ1v) is 5.28. The van der Waals surface area contributed by atoms with Crippen LogP contribution in [0, 0.1) is 0 Å². The maximum atomic E-state index is 11.3. The van der Waals surface area contributed by atoms with E-state index in [9.17, 15) is 4.79 Å². The predicted molar refractivity (Wildman–Crippen MR) is 58.1 cm³/mol. The Morgan fingerprint density at radius 2 is 2.38 bits per heavy atom. The highest BCUT2D eigenvalue weighted by Crippen LogP contribution is 2.08. The van der Waals surface area contributed by atoms with Crippen molar-refractivity contribution in [3.05, 3.63) is 23.7 Å². The standard InChI is InChI=1S/C11H17NO4/c1-3-15-11(14)10-5-4-9(16-10)7-12-6-8(2)13/h4-5,8,12-13H,3,6-7H2,1-2H3/t8-/m0/s1. The lowest BCUT2D eigenvalue weighted by molar-refractivity contribution is 0.0487. The molecule has 1 rings (SSSR count). The SMILES string of the molecule is CCOC(=O)c1ccc(CNC[C@H](C)O)o1. The van der Waals surface area contributed by atoms with E-state index in [-0.39, 0.29) is 5.76 Å². The maximum Gasteiger partial charge on any atom is 0.374 e. The van der Waals surface area contributed by atoms with Gasteiger partial charge in [0, 0.05) is 6.54 Å². The lowest BCUT2D eigenvalue weighted by atomic mass is 10.4. The van der Waals surface area contributed by atoms with Crippen LogP contribution < -0.4 is 5.32 Å². The first-order valence-electron chi connectivity index (χ1n) is 5.28. The van der Waals surface area contributed by atoms with Crippen LogP contribution in [0.4, 0.5) is 0 Å². The van der Waals surface area contributed by atoms with E-state index in [1.807, 2.05) is 0 Å². The molecule has 1 atom stereocenters. The van der Waals surface area contributed by atoms with E-state index in [4.69, 9.17) is 14.3 Å². The zero-order chi connectivity index (χ0) is 12.0. The number of aliphatic hydroxyl groups excluding tert-OH is 1. The molecule has 1 aromatic rings. The summed E-state index contributed by atoms with van der Waals surface area (Å²) in [6.07, 6.45) is -0.403. The summed E-state index contributed by atoms with van der Waals surface area (Å²) in [7, 11) is 0. The van der Waals surface area contributed by atoms with E-state index in [1.54, 1.807) is 26.0 Å². The Balaban J connectivity index is 2.42. The average molecular weight is 227 g/mol. The zero-order valence-corrected chi connectivity index (χ0v) is 9.53. The van der Waals surface area contributed by atoms with Crippen molar-refractivity contribution in [2.24, 2.45) is 0 Å². The molecule has 0 aromatic carbocycles. The van der Waals surface area contributed by atoms with Gasteiger partial charge >= 0.3 is 5.97 Å². The molecule has 1 heterocycles. The highest BCUT2D eigenvalue weighted by atomic mass is 16.5. The molecule has 2 N–H and O–H groups in total. The number of furan rings is 1. The third-order valence-corrected chi connectivity index (χ3v) is 1.88. The van der Waals surface area contributed by atoms with Crippen LogP contribution in [0.1, 0.15) is 30.2 Å². The number of hydrogen-bond donors (Lipinski definition) is 2. The smallest absolute Gasteiger partial charge is 0.374 e. The van der Waals surface area contributed by atoms with E-state index >= 15 is 0 Å². The Labute approximate surface area is 94.4 Å². The molecule has 0 aliphatic rings. The van der Waals surface area contributed by atoms with Gasteiger partial charge < -0.3 is 19.6 Å². The molecule has 90 valence electrons. The Morgan fingerprint density at radius 1 is 1.62 bits per heavy atom. The molecule has 5 heteroatoms. The Bertz CT molecular complexity index is 332. The normalized spacial score (nSPS) is 12.4. The van der Waals surface area contributed by atoms with E-state index in [0.717, 1.165) is 0 Å². The Hall–Kier alpha value is -1.33. The van der Waals surface area contributed by atoms with Gasteiger partial charge in [-0.2, -0.15) is 0 Å². The quantitative estimate of drug-likeness (QED) is 0.707. The molecule has 1 aromatic heterocycles. The fraction of sp³-hybridized carbons (Fsp3) is 0.545. The molecule has 0 unspecified atom stereocenters. The van der Waals surface area contributed by atoms with Gasteiger partial charge in [0.25, 0.3) is 0 Å². The molecular formula is C11H17NO4. The van der Waals surface area contributed by atoms with Crippen molar-refractivity contribution in [2.75, 3.05) is 13.2 Å². The highest BCUT2D eigenvalue weighted by Gasteiger charge is 2.11. The van der Waals surface area contributed by atoms with Crippen LogP contribution in [0.25, 0.3) is 0 Å². The number of esters is 1. The summed E-state index contributed by atoms with van der Waals surface area (Å²) in [5.74, 6) is 0.392. The van der Waals surface area contributed by atoms with Crippen LogP contribution in [-0.4, -0.2) is 30.3 Å². The number of hydrogen-bond acceptors (Lipinski definition) is 5. The summed E-state index contributed by atoms with van der Waals surface area (Å²) in [6, 6.07) is 3.29. The van der Waals surface area contributed by atoms with Gasteiger partial charge in [0.05, 0.1) is 19.3 Å². The van der Waals surface area contributed by atoms with Gasteiger partial charge in [0.2, 0.25) is 5.76 Å². The number of nitrogens with one attached hydrogen (secondary N) is 1. The van der Waals surface area contributed by atoms with Crippen molar-refractivity contribution in [3.8, 4) is 0 Å². The van der Waals surface area contributed by atoms with Crippen molar-refractivity contribution < 1.29 is 19.1 Å². The molecule has 0 radical (unpaired) electrons. The molecule has 0 aliphatic carbocycles. The highest BCUT2D eigenvalue weighted by molar-refractivity contribution is 5.86. The number of carbonyl (C=O) groups excluding carboxylic acids is 1.